The molecule has 1 fully saturated rings. The Morgan fingerprint density at radius 2 is 1.52 bits per heavy atom. The van der Waals surface area contributed by atoms with Gasteiger partial charge in [0.1, 0.15) is 17.2 Å². The number of halogens is 6. The Kier molecular flexibility index (Phi) is 8.13. The van der Waals surface area contributed by atoms with Crippen LogP contribution in [-0.4, -0.2) is 37.0 Å². The van der Waals surface area contributed by atoms with Crippen molar-refractivity contribution in [2.45, 2.75) is 49.1 Å². The highest BCUT2D eigenvalue weighted by Crippen LogP contribution is 2.39. The zero-order valence-electron chi connectivity index (χ0n) is 21.3. The molecule has 0 heterocycles. The summed E-state index contributed by atoms with van der Waals surface area (Å²) in [5, 5.41) is 5.34. The van der Waals surface area contributed by atoms with Crippen molar-refractivity contribution in [2.75, 3.05) is 7.11 Å². The Labute approximate surface area is 226 Å². The van der Waals surface area contributed by atoms with E-state index in [1.54, 1.807) is 30.3 Å². The molecule has 212 valence electrons. The third-order valence-electron chi connectivity index (χ3n) is 6.86. The molecule has 0 aliphatic heterocycles. The van der Waals surface area contributed by atoms with Crippen LogP contribution in [0.4, 0.5) is 31.1 Å². The number of rotatable bonds is 10. The molecular weight excluding hydrogens is 538 g/mol. The molecule has 1 aliphatic rings. The van der Waals surface area contributed by atoms with Crippen LogP contribution in [0.15, 0.2) is 72.8 Å². The topological polar surface area (TPSA) is 67.4 Å². The van der Waals surface area contributed by atoms with Gasteiger partial charge in [-0.2, -0.15) is 8.78 Å². The maximum absolute atomic E-state index is 14.9. The number of benzene rings is 3. The molecule has 0 saturated heterocycles. The summed E-state index contributed by atoms with van der Waals surface area (Å²) >= 11 is 0. The van der Waals surface area contributed by atoms with Crippen LogP contribution in [0.1, 0.15) is 35.1 Å². The Morgan fingerprint density at radius 3 is 2.10 bits per heavy atom. The predicted octanol–water partition coefficient (Wildman–Crippen LogP) is 5.90. The minimum absolute atomic E-state index is 0.0545. The summed E-state index contributed by atoms with van der Waals surface area (Å²) in [7, 11) is 1.17. The second-order valence-electron chi connectivity index (χ2n) is 9.81. The molecule has 1 aliphatic carbocycles. The predicted molar refractivity (Wildman–Crippen MR) is 134 cm³/mol. The number of esters is 1. The van der Waals surface area contributed by atoms with Crippen molar-refractivity contribution >= 4 is 12.0 Å². The van der Waals surface area contributed by atoms with Gasteiger partial charge < -0.3 is 15.4 Å². The summed E-state index contributed by atoms with van der Waals surface area (Å²) in [5.41, 5.74) is -2.62. The fourth-order valence-corrected chi connectivity index (χ4v) is 4.69. The fourth-order valence-electron chi connectivity index (χ4n) is 4.69. The quantitative estimate of drug-likeness (QED) is 0.238. The second kappa shape index (κ2) is 11.2. The zero-order chi connectivity index (χ0) is 29.1. The summed E-state index contributed by atoms with van der Waals surface area (Å²) in [6.07, 6.45) is -4.91. The standard InChI is InChI=1S/C29H26F6N2O3/c1-40-25(38)27(11-12-27)36-26(39)37-28(16-18-5-3-2-4-6-18,20-7-9-22(30)10-8-20)21-13-19(14-23(31)15-21)17-29(34,35)24(32)33/h2-10,13-15,24H,11-12,16-17H2,1H3,(H2,36,37,39)/t28-/m1/s1. The lowest BCUT2D eigenvalue weighted by Crippen LogP contribution is -2.56. The molecule has 4 rings (SSSR count). The number of methoxy groups -OCH3 is 1. The Bertz CT molecular complexity index is 1360. The van der Waals surface area contributed by atoms with E-state index in [0.29, 0.717) is 24.5 Å². The van der Waals surface area contributed by atoms with Crippen LogP contribution in [0.3, 0.4) is 0 Å². The number of urea groups is 1. The molecule has 40 heavy (non-hydrogen) atoms. The molecular formula is C29H26F6N2O3. The van der Waals surface area contributed by atoms with E-state index in [1.165, 1.54) is 19.2 Å². The van der Waals surface area contributed by atoms with E-state index in [1.807, 2.05) is 0 Å². The largest absolute Gasteiger partial charge is 0.467 e. The highest BCUT2D eigenvalue weighted by molar-refractivity contribution is 5.90. The number of ether oxygens (including phenoxy) is 1. The molecule has 3 aromatic carbocycles. The lowest BCUT2D eigenvalue weighted by Gasteiger charge is -2.37. The Morgan fingerprint density at radius 1 is 0.875 bits per heavy atom. The van der Waals surface area contributed by atoms with Crippen molar-refractivity contribution in [1.29, 1.82) is 0 Å². The van der Waals surface area contributed by atoms with Gasteiger partial charge in [0.05, 0.1) is 12.6 Å². The normalized spacial score (nSPS) is 15.7. The number of nitrogens with one attached hydrogen (secondary N) is 2. The maximum Gasteiger partial charge on any atom is 0.331 e. The van der Waals surface area contributed by atoms with Crippen LogP contribution in [0, 0.1) is 11.6 Å². The molecule has 3 aromatic rings. The lowest BCUT2D eigenvalue weighted by molar-refractivity contribution is -0.144. The van der Waals surface area contributed by atoms with Crippen molar-refractivity contribution in [1.82, 2.24) is 10.6 Å². The smallest absolute Gasteiger partial charge is 0.331 e. The molecule has 0 aromatic heterocycles. The number of amides is 2. The minimum atomic E-state index is -4.44. The number of hydrogen-bond donors (Lipinski definition) is 2. The molecule has 0 unspecified atom stereocenters. The van der Waals surface area contributed by atoms with Crippen LogP contribution < -0.4 is 10.6 Å². The van der Waals surface area contributed by atoms with Crippen LogP contribution in [0.25, 0.3) is 0 Å². The van der Waals surface area contributed by atoms with Gasteiger partial charge in [-0.1, -0.05) is 48.5 Å². The third kappa shape index (κ3) is 6.24. The third-order valence-corrected chi connectivity index (χ3v) is 6.86. The van der Waals surface area contributed by atoms with Crippen LogP contribution in [-0.2, 0) is 27.9 Å². The summed E-state index contributed by atoms with van der Waals surface area (Å²) in [6, 6.07) is 15.4. The van der Waals surface area contributed by atoms with E-state index >= 15 is 0 Å². The maximum atomic E-state index is 14.9. The number of carbonyl (C=O) groups is 2. The van der Waals surface area contributed by atoms with Crippen molar-refractivity contribution in [3.05, 3.63) is 107 Å². The van der Waals surface area contributed by atoms with Gasteiger partial charge in [0, 0.05) is 12.8 Å². The molecule has 0 spiro atoms. The molecule has 1 saturated carbocycles. The molecule has 5 nitrogen and oxygen atoms in total. The SMILES string of the molecule is COC(=O)C1(NC(=O)N[C@](Cc2ccccc2)(c2ccc(F)cc2)c2cc(F)cc(CC(F)(F)C(F)F)c2)CC1. The number of carbonyl (C=O) groups excluding carboxylic acids is 2. The van der Waals surface area contributed by atoms with Crippen LogP contribution in [0.2, 0.25) is 0 Å². The van der Waals surface area contributed by atoms with E-state index in [4.69, 9.17) is 4.74 Å². The first kappa shape index (κ1) is 29.0. The first-order chi connectivity index (χ1) is 18.9. The summed E-state index contributed by atoms with van der Waals surface area (Å²) < 4.78 is 87.6. The highest BCUT2D eigenvalue weighted by Gasteiger charge is 2.53. The van der Waals surface area contributed by atoms with Crippen molar-refractivity contribution in [2.24, 2.45) is 0 Å². The van der Waals surface area contributed by atoms with E-state index in [2.05, 4.69) is 10.6 Å². The fraction of sp³-hybridized carbons (Fsp3) is 0.310. The summed E-state index contributed by atoms with van der Waals surface area (Å²) in [6.45, 7) is 0. The average molecular weight is 565 g/mol. The molecule has 0 bridgehead atoms. The van der Waals surface area contributed by atoms with Crippen molar-refractivity contribution in [3.63, 3.8) is 0 Å². The van der Waals surface area contributed by atoms with Crippen LogP contribution in [0.5, 0.6) is 0 Å². The van der Waals surface area contributed by atoms with Crippen molar-refractivity contribution in [3.8, 4) is 0 Å². The second-order valence-corrected chi connectivity index (χ2v) is 9.81. The summed E-state index contributed by atoms with van der Waals surface area (Å²) in [5.74, 6) is -6.72. The zero-order valence-corrected chi connectivity index (χ0v) is 21.3. The van der Waals surface area contributed by atoms with Crippen molar-refractivity contribution < 1.29 is 40.7 Å². The Balaban J connectivity index is 1.87. The van der Waals surface area contributed by atoms with Gasteiger partial charge >= 0.3 is 24.3 Å². The average Bonchev–Trinajstić information content (AvgIpc) is 3.68. The van der Waals surface area contributed by atoms with E-state index in [9.17, 15) is 35.9 Å². The van der Waals surface area contributed by atoms with Gasteiger partial charge in [-0.05, 0) is 59.4 Å². The molecule has 11 heteroatoms. The lowest BCUT2D eigenvalue weighted by atomic mass is 9.77. The molecule has 1 atom stereocenters. The molecule has 2 amide bonds. The first-order valence-electron chi connectivity index (χ1n) is 12.3. The first-order valence-corrected chi connectivity index (χ1v) is 12.3. The van der Waals surface area contributed by atoms with Gasteiger partial charge in [0.25, 0.3) is 0 Å². The van der Waals surface area contributed by atoms with Gasteiger partial charge in [0.2, 0.25) is 0 Å². The molecule has 2 N–H and O–H groups in total. The molecule has 0 radical (unpaired) electrons. The van der Waals surface area contributed by atoms with E-state index in [0.717, 1.165) is 24.3 Å². The Hall–Kier alpha value is -4.02. The summed E-state index contributed by atoms with van der Waals surface area (Å²) in [4.78, 5) is 25.7. The number of hydrogen-bond acceptors (Lipinski definition) is 3. The minimum Gasteiger partial charge on any atom is -0.467 e. The highest BCUT2D eigenvalue weighted by atomic mass is 19.3. The van der Waals surface area contributed by atoms with E-state index in [-0.39, 0.29) is 17.5 Å². The van der Waals surface area contributed by atoms with Gasteiger partial charge in [-0.15, -0.1) is 0 Å². The monoisotopic (exact) mass is 564 g/mol. The van der Waals surface area contributed by atoms with E-state index < -0.39 is 59.0 Å². The number of alkyl halides is 4. The van der Waals surface area contributed by atoms with Gasteiger partial charge in [0.15, 0.2) is 0 Å². The van der Waals surface area contributed by atoms with Gasteiger partial charge in [-0.25, -0.2) is 27.2 Å². The van der Waals surface area contributed by atoms with Gasteiger partial charge in [-0.3, -0.25) is 0 Å². The van der Waals surface area contributed by atoms with Crippen LogP contribution >= 0.6 is 0 Å².